The summed E-state index contributed by atoms with van der Waals surface area (Å²) in [4.78, 5) is 33.7. The number of nitrogens with zero attached hydrogens (tertiary/aromatic N) is 4. The topological polar surface area (TPSA) is 91.8 Å². The first-order chi connectivity index (χ1) is 12.7. The molecular weight excluding hydrogens is 350 g/mol. The van der Waals surface area contributed by atoms with Crippen molar-refractivity contribution in [2.75, 3.05) is 13.1 Å². The molecule has 2 aromatic heterocycles. The van der Waals surface area contributed by atoms with Crippen LogP contribution in [-0.2, 0) is 0 Å². The molecule has 1 fully saturated rings. The number of benzene rings is 1. The van der Waals surface area contributed by atoms with E-state index in [0.717, 1.165) is 24.1 Å². The fourth-order valence-corrected chi connectivity index (χ4v) is 3.65. The van der Waals surface area contributed by atoms with E-state index in [2.05, 4.69) is 19.6 Å². The van der Waals surface area contributed by atoms with Crippen LogP contribution >= 0.6 is 11.5 Å². The Morgan fingerprint density at radius 2 is 1.96 bits per heavy atom. The fraction of sp³-hybridized carbons (Fsp3) is 0.278. The average Bonchev–Trinajstić information content (AvgIpc) is 3.22. The lowest BCUT2D eigenvalue weighted by Crippen LogP contribution is -2.38. The second kappa shape index (κ2) is 7.17. The van der Waals surface area contributed by atoms with Gasteiger partial charge in [0.1, 0.15) is 5.82 Å². The molecule has 0 aliphatic carbocycles. The van der Waals surface area contributed by atoms with Crippen LogP contribution in [-0.4, -0.2) is 43.5 Å². The molecule has 1 aliphatic rings. The van der Waals surface area contributed by atoms with Gasteiger partial charge in [-0.25, -0.2) is 4.98 Å². The number of carbonyl (C=O) groups is 1. The summed E-state index contributed by atoms with van der Waals surface area (Å²) in [5.41, 5.74) is 1.92. The molecule has 1 N–H and O–H groups in total. The minimum Gasteiger partial charge on any atom is -0.337 e. The second-order valence-electron chi connectivity index (χ2n) is 6.24. The SMILES string of the molecule is O=C(c1csnn1)N1CCC(c2cc(=O)[nH]c(-c3ccccc3)n2)CC1. The number of likely N-dealkylation sites (tertiary alicyclic amines) is 1. The molecule has 132 valence electrons. The first-order valence-electron chi connectivity index (χ1n) is 8.44. The number of nitrogens with one attached hydrogen (secondary N) is 1. The minimum atomic E-state index is -0.152. The first kappa shape index (κ1) is 16.6. The van der Waals surface area contributed by atoms with Gasteiger partial charge >= 0.3 is 0 Å². The number of hydrogen-bond donors (Lipinski definition) is 1. The Bertz CT molecular complexity index is 947. The molecule has 3 aromatic rings. The molecule has 0 spiro atoms. The zero-order valence-corrected chi connectivity index (χ0v) is 14.8. The Morgan fingerprint density at radius 3 is 2.65 bits per heavy atom. The molecule has 1 saturated heterocycles. The molecule has 0 atom stereocenters. The molecule has 3 heterocycles. The largest absolute Gasteiger partial charge is 0.337 e. The second-order valence-corrected chi connectivity index (χ2v) is 6.85. The minimum absolute atomic E-state index is 0.0824. The lowest BCUT2D eigenvalue weighted by molar-refractivity contribution is 0.0706. The Kier molecular flexibility index (Phi) is 4.57. The molecule has 1 aliphatic heterocycles. The zero-order valence-electron chi connectivity index (χ0n) is 14.0. The maximum atomic E-state index is 12.4. The summed E-state index contributed by atoms with van der Waals surface area (Å²) in [6, 6.07) is 11.2. The number of H-pyrrole nitrogens is 1. The van der Waals surface area contributed by atoms with E-state index in [1.54, 1.807) is 16.3 Å². The van der Waals surface area contributed by atoms with Crippen LogP contribution in [0.4, 0.5) is 0 Å². The molecule has 0 bridgehead atoms. The van der Waals surface area contributed by atoms with E-state index in [0.29, 0.717) is 24.6 Å². The van der Waals surface area contributed by atoms with Crippen LogP contribution in [0, 0.1) is 0 Å². The van der Waals surface area contributed by atoms with Gasteiger partial charge in [-0.1, -0.05) is 34.8 Å². The van der Waals surface area contributed by atoms with Gasteiger partial charge in [-0.15, -0.1) is 5.10 Å². The van der Waals surface area contributed by atoms with Crippen LogP contribution in [0.15, 0.2) is 46.6 Å². The van der Waals surface area contributed by atoms with Crippen molar-refractivity contribution in [2.45, 2.75) is 18.8 Å². The molecule has 26 heavy (non-hydrogen) atoms. The van der Waals surface area contributed by atoms with Crippen LogP contribution < -0.4 is 5.56 Å². The Labute approximate surface area is 153 Å². The van der Waals surface area contributed by atoms with Crippen molar-refractivity contribution >= 4 is 17.4 Å². The third kappa shape index (κ3) is 3.41. The van der Waals surface area contributed by atoms with E-state index < -0.39 is 0 Å². The van der Waals surface area contributed by atoms with Gasteiger partial charge in [-0.05, 0) is 24.4 Å². The number of aromatic amines is 1. The Balaban J connectivity index is 1.50. The summed E-state index contributed by atoms with van der Waals surface area (Å²) in [7, 11) is 0. The quantitative estimate of drug-likeness (QED) is 0.767. The molecule has 1 aromatic carbocycles. The molecule has 0 unspecified atom stereocenters. The van der Waals surface area contributed by atoms with E-state index in [-0.39, 0.29) is 17.4 Å². The predicted molar refractivity (Wildman–Crippen MR) is 98.1 cm³/mol. The van der Waals surface area contributed by atoms with Crippen LogP contribution in [0.25, 0.3) is 11.4 Å². The highest BCUT2D eigenvalue weighted by molar-refractivity contribution is 7.03. The highest BCUT2D eigenvalue weighted by Gasteiger charge is 2.27. The van der Waals surface area contributed by atoms with Gasteiger partial charge in [-0.2, -0.15) is 0 Å². The highest BCUT2D eigenvalue weighted by Crippen LogP contribution is 2.27. The van der Waals surface area contributed by atoms with Crippen LogP contribution in [0.2, 0.25) is 0 Å². The van der Waals surface area contributed by atoms with Crippen LogP contribution in [0.3, 0.4) is 0 Å². The van der Waals surface area contributed by atoms with Gasteiger partial charge in [0.15, 0.2) is 5.69 Å². The third-order valence-corrected chi connectivity index (χ3v) is 5.09. The Morgan fingerprint density at radius 1 is 1.19 bits per heavy atom. The number of piperidine rings is 1. The fourth-order valence-electron chi connectivity index (χ4n) is 3.22. The van der Waals surface area contributed by atoms with Crippen LogP contribution in [0.5, 0.6) is 0 Å². The summed E-state index contributed by atoms with van der Waals surface area (Å²) in [6.45, 7) is 1.24. The molecule has 1 amide bonds. The highest BCUT2D eigenvalue weighted by atomic mass is 32.1. The van der Waals surface area contributed by atoms with Crippen molar-refractivity contribution in [3.05, 3.63) is 63.5 Å². The predicted octanol–water partition coefficient (Wildman–Crippen LogP) is 2.31. The van der Waals surface area contributed by atoms with Gasteiger partial charge in [0, 0.05) is 36.0 Å². The van der Waals surface area contributed by atoms with Gasteiger partial charge in [0.05, 0.1) is 5.69 Å². The van der Waals surface area contributed by atoms with E-state index in [4.69, 9.17) is 0 Å². The summed E-state index contributed by atoms with van der Waals surface area (Å²) >= 11 is 1.17. The van der Waals surface area contributed by atoms with Crippen LogP contribution in [0.1, 0.15) is 34.9 Å². The van der Waals surface area contributed by atoms with Gasteiger partial charge in [-0.3, -0.25) is 9.59 Å². The molecule has 8 heteroatoms. The van der Waals surface area contributed by atoms with Crippen molar-refractivity contribution < 1.29 is 4.79 Å². The average molecular weight is 367 g/mol. The van der Waals surface area contributed by atoms with Crippen molar-refractivity contribution in [2.24, 2.45) is 0 Å². The lowest BCUT2D eigenvalue weighted by Gasteiger charge is -2.31. The third-order valence-electron chi connectivity index (χ3n) is 4.59. The molecule has 7 nitrogen and oxygen atoms in total. The van der Waals surface area contributed by atoms with Gasteiger partial charge in [0.25, 0.3) is 11.5 Å². The van der Waals surface area contributed by atoms with Gasteiger partial charge in [0.2, 0.25) is 0 Å². The number of hydrogen-bond acceptors (Lipinski definition) is 6. The molecular formula is C18H17N5O2S. The normalized spacial score (nSPS) is 15.2. The first-order valence-corrected chi connectivity index (χ1v) is 9.27. The van der Waals surface area contributed by atoms with Crippen molar-refractivity contribution in [1.29, 1.82) is 0 Å². The number of amides is 1. The van der Waals surface area contributed by atoms with Crippen molar-refractivity contribution in [1.82, 2.24) is 24.5 Å². The number of carbonyl (C=O) groups excluding carboxylic acids is 1. The summed E-state index contributed by atoms with van der Waals surface area (Å²) in [5.74, 6) is 0.665. The molecule has 4 rings (SSSR count). The van der Waals surface area contributed by atoms with E-state index in [1.807, 2.05) is 30.3 Å². The summed E-state index contributed by atoms with van der Waals surface area (Å²) in [6.07, 6.45) is 1.54. The smallest absolute Gasteiger partial charge is 0.275 e. The number of rotatable bonds is 3. The molecule has 0 radical (unpaired) electrons. The van der Waals surface area contributed by atoms with E-state index in [9.17, 15) is 9.59 Å². The standard InChI is InChI=1S/C18H17N5O2S/c24-16-10-14(19-17(20-16)13-4-2-1-3-5-13)12-6-8-23(9-7-12)18(25)15-11-26-22-21-15/h1-5,10-12H,6-9H2,(H,19,20,24). The maximum absolute atomic E-state index is 12.4. The van der Waals surface area contributed by atoms with E-state index >= 15 is 0 Å². The summed E-state index contributed by atoms with van der Waals surface area (Å²) in [5, 5.41) is 5.51. The molecule has 0 saturated carbocycles. The summed E-state index contributed by atoms with van der Waals surface area (Å²) < 4.78 is 3.74. The number of aromatic nitrogens is 4. The van der Waals surface area contributed by atoms with Gasteiger partial charge < -0.3 is 9.88 Å². The monoisotopic (exact) mass is 367 g/mol. The van der Waals surface area contributed by atoms with Crippen molar-refractivity contribution in [3.8, 4) is 11.4 Å². The zero-order chi connectivity index (χ0) is 17.9. The van der Waals surface area contributed by atoms with Crippen molar-refractivity contribution in [3.63, 3.8) is 0 Å². The Hall–Kier alpha value is -2.87. The lowest BCUT2D eigenvalue weighted by atomic mass is 9.93. The van der Waals surface area contributed by atoms with E-state index in [1.165, 1.54) is 11.5 Å². The maximum Gasteiger partial charge on any atom is 0.275 e.